The van der Waals surface area contributed by atoms with Crippen LogP contribution in [0.1, 0.15) is 72.1 Å². The van der Waals surface area contributed by atoms with Crippen molar-refractivity contribution in [3.63, 3.8) is 0 Å². The van der Waals surface area contributed by atoms with Crippen LogP contribution in [0, 0.1) is 27.7 Å². The lowest BCUT2D eigenvalue weighted by atomic mass is 9.95. The highest BCUT2D eigenvalue weighted by Gasteiger charge is 2.25. The number of esters is 1. The predicted molar refractivity (Wildman–Crippen MR) is 159 cm³/mol. The molecule has 2 aromatic heterocycles. The fourth-order valence-electron chi connectivity index (χ4n) is 5.20. The number of rotatable bonds is 6. The molecule has 1 aliphatic rings. The molecular weight excluding hydrogens is 506 g/mol. The van der Waals surface area contributed by atoms with Gasteiger partial charge in [0.15, 0.2) is 0 Å². The van der Waals surface area contributed by atoms with E-state index in [2.05, 4.69) is 36.7 Å². The lowest BCUT2D eigenvalue weighted by Crippen LogP contribution is -2.15. The Balaban J connectivity index is 1.46. The van der Waals surface area contributed by atoms with Gasteiger partial charge >= 0.3 is 5.97 Å². The van der Waals surface area contributed by atoms with Gasteiger partial charge in [0.2, 0.25) is 0 Å². The van der Waals surface area contributed by atoms with Crippen LogP contribution in [-0.4, -0.2) is 29.8 Å². The van der Waals surface area contributed by atoms with Crippen molar-refractivity contribution in [1.82, 2.24) is 4.57 Å². The third-order valence-corrected chi connectivity index (χ3v) is 8.68. The highest BCUT2D eigenvalue weighted by Crippen LogP contribution is 2.40. The van der Waals surface area contributed by atoms with Crippen molar-refractivity contribution in [3.05, 3.63) is 98.2 Å². The quantitative estimate of drug-likeness (QED) is 0.204. The van der Waals surface area contributed by atoms with Gasteiger partial charge in [-0.05, 0) is 113 Å². The van der Waals surface area contributed by atoms with Crippen molar-refractivity contribution in [1.29, 1.82) is 0 Å². The average Bonchev–Trinajstić information content (AvgIpc) is 3.45. The van der Waals surface area contributed by atoms with E-state index in [0.29, 0.717) is 11.1 Å². The molecule has 0 radical (unpaired) electrons. The fourth-order valence-corrected chi connectivity index (χ4v) is 6.43. The first kappa shape index (κ1) is 26.6. The number of aryl methyl sites for hydroxylation is 4. The minimum atomic E-state index is -0.355. The normalized spacial score (nSPS) is 12.9. The minimum Gasteiger partial charge on any atom is -0.465 e. The SMILES string of the molecule is COC(=O)c1ccc(-n2c(C)cc(C=Nc3sc4c(c3C(=O)Nc3ccc(C)c(C)c3)CCCC4)c2C)cc1. The molecule has 0 spiro atoms. The number of ether oxygens (including phenoxy) is 1. The standard InChI is InChI=1S/C32H33N3O3S/c1-19-10-13-25(16-20(19)2)34-30(36)29-27-8-6-7-9-28(27)39-31(29)33-18-24-17-21(3)35(22(24)4)26-14-11-23(12-15-26)32(37)38-5/h10-18H,6-9H2,1-5H3,(H,34,36). The summed E-state index contributed by atoms with van der Waals surface area (Å²) in [4.78, 5) is 31.6. The molecule has 1 N–H and O–H groups in total. The minimum absolute atomic E-state index is 0.0963. The lowest BCUT2D eigenvalue weighted by molar-refractivity contribution is 0.0600. The third-order valence-electron chi connectivity index (χ3n) is 7.48. The zero-order valence-corrected chi connectivity index (χ0v) is 23.9. The maximum absolute atomic E-state index is 13.6. The van der Waals surface area contributed by atoms with Gasteiger partial charge in [-0.2, -0.15) is 0 Å². The summed E-state index contributed by atoms with van der Waals surface area (Å²) < 4.78 is 6.95. The summed E-state index contributed by atoms with van der Waals surface area (Å²) in [6.07, 6.45) is 6.01. The molecule has 0 aliphatic heterocycles. The number of anilines is 1. The van der Waals surface area contributed by atoms with Crippen LogP contribution in [0.25, 0.3) is 5.69 Å². The zero-order chi connectivity index (χ0) is 27.7. The number of amides is 1. The maximum atomic E-state index is 13.6. The van der Waals surface area contributed by atoms with Gasteiger partial charge in [0.05, 0.1) is 18.2 Å². The number of nitrogens with zero attached hydrogens (tertiary/aromatic N) is 2. The predicted octanol–water partition coefficient (Wildman–Crippen LogP) is 7.44. The van der Waals surface area contributed by atoms with Crippen molar-refractivity contribution < 1.29 is 14.3 Å². The first-order chi connectivity index (χ1) is 18.8. The van der Waals surface area contributed by atoms with Gasteiger partial charge in [0.25, 0.3) is 5.91 Å². The Labute approximate surface area is 233 Å². The molecule has 2 heterocycles. The molecule has 39 heavy (non-hydrogen) atoms. The van der Waals surface area contributed by atoms with E-state index in [9.17, 15) is 9.59 Å². The highest BCUT2D eigenvalue weighted by atomic mass is 32.1. The molecular formula is C32H33N3O3S. The molecule has 5 rings (SSSR count). The second kappa shape index (κ2) is 11.0. The molecule has 0 saturated heterocycles. The van der Waals surface area contributed by atoms with Gasteiger partial charge in [0.1, 0.15) is 5.00 Å². The second-order valence-electron chi connectivity index (χ2n) is 10.1. The Morgan fingerprint density at radius 2 is 1.72 bits per heavy atom. The average molecular weight is 540 g/mol. The number of thiophene rings is 1. The van der Waals surface area contributed by atoms with E-state index < -0.39 is 0 Å². The number of hydrogen-bond donors (Lipinski definition) is 1. The Morgan fingerprint density at radius 1 is 0.974 bits per heavy atom. The first-order valence-electron chi connectivity index (χ1n) is 13.2. The van der Waals surface area contributed by atoms with Crippen LogP contribution in [-0.2, 0) is 17.6 Å². The number of benzene rings is 2. The number of aromatic nitrogens is 1. The van der Waals surface area contributed by atoms with Crippen molar-refractivity contribution in [2.75, 3.05) is 12.4 Å². The molecule has 200 valence electrons. The molecule has 6 nitrogen and oxygen atoms in total. The molecule has 0 saturated carbocycles. The lowest BCUT2D eigenvalue weighted by Gasteiger charge is -2.13. The summed E-state index contributed by atoms with van der Waals surface area (Å²) in [5.74, 6) is -0.452. The van der Waals surface area contributed by atoms with Crippen molar-refractivity contribution in [3.8, 4) is 5.69 Å². The maximum Gasteiger partial charge on any atom is 0.337 e. The summed E-state index contributed by atoms with van der Waals surface area (Å²) in [5.41, 5.74) is 9.54. The Morgan fingerprint density at radius 3 is 2.44 bits per heavy atom. The van der Waals surface area contributed by atoms with E-state index in [1.54, 1.807) is 23.5 Å². The van der Waals surface area contributed by atoms with E-state index >= 15 is 0 Å². The molecule has 0 bridgehead atoms. The van der Waals surface area contributed by atoms with Crippen LogP contribution >= 0.6 is 11.3 Å². The largest absolute Gasteiger partial charge is 0.465 e. The smallest absolute Gasteiger partial charge is 0.337 e. The summed E-state index contributed by atoms with van der Waals surface area (Å²) in [7, 11) is 1.38. The summed E-state index contributed by atoms with van der Waals surface area (Å²) in [6, 6.07) is 15.5. The summed E-state index contributed by atoms with van der Waals surface area (Å²) >= 11 is 1.64. The topological polar surface area (TPSA) is 72.7 Å². The number of hydrogen-bond acceptors (Lipinski definition) is 5. The Kier molecular flexibility index (Phi) is 7.53. The molecule has 0 atom stereocenters. The van der Waals surface area contributed by atoms with Gasteiger partial charge in [-0.25, -0.2) is 9.79 Å². The van der Waals surface area contributed by atoms with Crippen LogP contribution in [0.2, 0.25) is 0 Å². The number of nitrogens with one attached hydrogen (secondary N) is 1. The van der Waals surface area contributed by atoms with E-state index in [1.807, 2.05) is 43.5 Å². The van der Waals surface area contributed by atoms with Crippen LogP contribution in [0.3, 0.4) is 0 Å². The monoisotopic (exact) mass is 539 g/mol. The molecule has 0 fully saturated rings. The van der Waals surface area contributed by atoms with Crippen molar-refractivity contribution in [2.24, 2.45) is 4.99 Å². The molecule has 2 aromatic carbocycles. The second-order valence-corrected chi connectivity index (χ2v) is 11.2. The van der Waals surface area contributed by atoms with Crippen LogP contribution in [0.5, 0.6) is 0 Å². The number of fused-ring (bicyclic) bond motifs is 1. The van der Waals surface area contributed by atoms with Gasteiger partial charge in [0, 0.05) is 39.4 Å². The van der Waals surface area contributed by atoms with Crippen LogP contribution in [0.4, 0.5) is 10.7 Å². The van der Waals surface area contributed by atoms with Gasteiger partial charge < -0.3 is 14.6 Å². The van der Waals surface area contributed by atoms with Gasteiger partial charge in [-0.3, -0.25) is 4.79 Å². The van der Waals surface area contributed by atoms with E-state index in [1.165, 1.54) is 17.6 Å². The molecule has 7 heteroatoms. The highest BCUT2D eigenvalue weighted by molar-refractivity contribution is 7.16. The third kappa shape index (κ3) is 5.32. The number of methoxy groups -OCH3 is 1. The van der Waals surface area contributed by atoms with Gasteiger partial charge in [-0.1, -0.05) is 6.07 Å². The molecule has 1 amide bonds. The first-order valence-corrected chi connectivity index (χ1v) is 14.0. The van der Waals surface area contributed by atoms with Crippen molar-refractivity contribution >= 4 is 40.1 Å². The van der Waals surface area contributed by atoms with Crippen LogP contribution in [0.15, 0.2) is 53.5 Å². The number of aliphatic imine (C=N–C) groups is 1. The van der Waals surface area contributed by atoms with Gasteiger partial charge in [-0.15, -0.1) is 11.3 Å². The van der Waals surface area contributed by atoms with E-state index in [4.69, 9.17) is 9.73 Å². The number of carbonyl (C=O) groups excluding carboxylic acids is 2. The summed E-state index contributed by atoms with van der Waals surface area (Å²) in [6.45, 7) is 8.22. The fraction of sp³-hybridized carbons (Fsp3) is 0.281. The van der Waals surface area contributed by atoms with E-state index in [-0.39, 0.29) is 11.9 Å². The molecule has 4 aromatic rings. The molecule has 0 unspecified atom stereocenters. The number of carbonyl (C=O) groups is 2. The van der Waals surface area contributed by atoms with Crippen LogP contribution < -0.4 is 5.32 Å². The Bertz CT molecular complexity index is 1590. The van der Waals surface area contributed by atoms with E-state index in [0.717, 1.165) is 70.1 Å². The molecule has 1 aliphatic carbocycles. The zero-order valence-electron chi connectivity index (χ0n) is 23.1. The van der Waals surface area contributed by atoms with Crippen molar-refractivity contribution in [2.45, 2.75) is 53.4 Å². The summed E-state index contributed by atoms with van der Waals surface area (Å²) in [5, 5.41) is 3.88. The Hall–Kier alpha value is -3.97.